The molecule has 0 N–H and O–H groups in total. The number of rotatable bonds is 4. The molecule has 0 heterocycles. The smallest absolute Gasteiger partial charge is 0.0784 e. The van der Waals surface area contributed by atoms with Gasteiger partial charge in [0.05, 0.1) is 4.20 Å². The van der Waals surface area contributed by atoms with Crippen molar-refractivity contribution in [2.45, 2.75) is 18.6 Å². The van der Waals surface area contributed by atoms with Crippen LogP contribution in [0.15, 0.2) is 60.7 Å². The van der Waals surface area contributed by atoms with E-state index in [2.05, 4.69) is 49.4 Å². The third kappa shape index (κ3) is 3.44. The van der Waals surface area contributed by atoms with Crippen LogP contribution >= 0.6 is 24.0 Å². The Hall–Kier alpha value is -1.12. The fourth-order valence-electron chi connectivity index (χ4n) is 1.83. The van der Waals surface area contributed by atoms with E-state index in [4.69, 9.17) is 12.2 Å². The average molecular weight is 272 g/mol. The van der Waals surface area contributed by atoms with Gasteiger partial charge >= 0.3 is 0 Å². The van der Waals surface area contributed by atoms with Crippen molar-refractivity contribution < 1.29 is 0 Å². The number of hydrogen-bond donors (Lipinski definition) is 0. The Morgan fingerprint density at radius 2 is 1.56 bits per heavy atom. The van der Waals surface area contributed by atoms with Crippen LogP contribution in [-0.4, -0.2) is 4.20 Å². The van der Waals surface area contributed by atoms with E-state index in [-0.39, 0.29) is 0 Å². The maximum absolute atomic E-state index is 5.53. The summed E-state index contributed by atoms with van der Waals surface area (Å²) in [5.74, 6) is 0. The van der Waals surface area contributed by atoms with Crippen LogP contribution in [0.2, 0.25) is 0 Å². The molecule has 2 aromatic rings. The van der Waals surface area contributed by atoms with Gasteiger partial charge in [-0.2, -0.15) is 0 Å². The van der Waals surface area contributed by atoms with Gasteiger partial charge in [0.25, 0.3) is 0 Å². The Bertz CT molecular complexity index is 491. The molecule has 0 aliphatic heterocycles. The van der Waals surface area contributed by atoms with Gasteiger partial charge in [-0.1, -0.05) is 79.8 Å². The van der Waals surface area contributed by atoms with Gasteiger partial charge in [0.1, 0.15) is 0 Å². The van der Waals surface area contributed by atoms with Gasteiger partial charge in [0, 0.05) is 5.25 Å². The predicted octanol–water partition coefficient (Wildman–Crippen LogP) is 5.25. The molecule has 0 aromatic heterocycles. The van der Waals surface area contributed by atoms with E-state index in [0.29, 0.717) is 5.25 Å². The lowest BCUT2D eigenvalue weighted by Gasteiger charge is -2.15. The van der Waals surface area contributed by atoms with E-state index in [1.807, 2.05) is 18.2 Å². The molecule has 18 heavy (non-hydrogen) atoms. The van der Waals surface area contributed by atoms with Crippen LogP contribution in [0.1, 0.15) is 29.7 Å². The summed E-state index contributed by atoms with van der Waals surface area (Å²) in [6.45, 7) is 2.21. The van der Waals surface area contributed by atoms with Gasteiger partial charge in [0.15, 0.2) is 0 Å². The summed E-state index contributed by atoms with van der Waals surface area (Å²) >= 11 is 7.31. The molecule has 2 aromatic carbocycles. The predicted molar refractivity (Wildman–Crippen MR) is 85.2 cm³/mol. The third-order valence-electron chi connectivity index (χ3n) is 2.80. The van der Waals surface area contributed by atoms with Gasteiger partial charge in [-0.3, -0.25) is 0 Å². The van der Waals surface area contributed by atoms with Crippen LogP contribution in [0.25, 0.3) is 0 Å². The molecule has 2 rings (SSSR count). The Morgan fingerprint density at radius 3 is 2.11 bits per heavy atom. The van der Waals surface area contributed by atoms with Gasteiger partial charge < -0.3 is 0 Å². The fourth-order valence-corrected chi connectivity index (χ4v) is 3.30. The van der Waals surface area contributed by atoms with Crippen molar-refractivity contribution in [1.82, 2.24) is 0 Å². The lowest BCUT2D eigenvalue weighted by Crippen LogP contribution is -1.98. The normalized spacial score (nSPS) is 12.1. The molecule has 0 amide bonds. The standard InChI is InChI=1S/C16H16S2/c1-2-15(13-9-5-3-6-10-13)18-16(17)14-11-7-4-8-12-14/h3-12,15H,2H2,1H3. The zero-order chi connectivity index (χ0) is 12.8. The first-order valence-corrected chi connectivity index (χ1v) is 7.41. The average Bonchev–Trinajstić information content (AvgIpc) is 2.46. The molecule has 92 valence electrons. The van der Waals surface area contributed by atoms with Crippen LogP contribution in [-0.2, 0) is 0 Å². The fraction of sp³-hybridized carbons (Fsp3) is 0.188. The number of hydrogen-bond acceptors (Lipinski definition) is 2. The van der Waals surface area contributed by atoms with E-state index < -0.39 is 0 Å². The van der Waals surface area contributed by atoms with Crippen molar-refractivity contribution >= 4 is 28.2 Å². The van der Waals surface area contributed by atoms with E-state index in [1.54, 1.807) is 11.8 Å². The zero-order valence-corrected chi connectivity index (χ0v) is 12.0. The summed E-state index contributed by atoms with van der Waals surface area (Å²) in [7, 11) is 0. The summed E-state index contributed by atoms with van der Waals surface area (Å²) in [5, 5.41) is 0.443. The van der Waals surface area contributed by atoms with Crippen molar-refractivity contribution in [2.75, 3.05) is 0 Å². The monoisotopic (exact) mass is 272 g/mol. The first kappa shape index (κ1) is 13.3. The van der Waals surface area contributed by atoms with Crippen LogP contribution in [0.3, 0.4) is 0 Å². The van der Waals surface area contributed by atoms with Crippen molar-refractivity contribution in [1.29, 1.82) is 0 Å². The molecule has 1 unspecified atom stereocenters. The maximum Gasteiger partial charge on any atom is 0.0784 e. The summed E-state index contributed by atoms with van der Waals surface area (Å²) in [5.41, 5.74) is 2.50. The van der Waals surface area contributed by atoms with Gasteiger partial charge in [-0.15, -0.1) is 11.8 Å². The highest BCUT2D eigenvalue weighted by Gasteiger charge is 2.13. The molecule has 0 saturated carbocycles. The minimum atomic E-state index is 0.443. The lowest BCUT2D eigenvalue weighted by molar-refractivity contribution is 0.900. The molecule has 0 fully saturated rings. The van der Waals surface area contributed by atoms with Crippen molar-refractivity contribution in [3.8, 4) is 0 Å². The highest BCUT2D eigenvalue weighted by molar-refractivity contribution is 8.23. The third-order valence-corrected chi connectivity index (χ3v) is 4.67. The molecule has 0 aliphatic rings. The molecule has 0 radical (unpaired) electrons. The second-order valence-corrected chi connectivity index (χ2v) is 5.96. The van der Waals surface area contributed by atoms with Gasteiger partial charge in [-0.25, -0.2) is 0 Å². The lowest BCUT2D eigenvalue weighted by atomic mass is 10.1. The molecule has 0 aliphatic carbocycles. The van der Waals surface area contributed by atoms with E-state index in [9.17, 15) is 0 Å². The first-order valence-electron chi connectivity index (χ1n) is 6.12. The largest absolute Gasteiger partial charge is 0.106 e. The highest BCUT2D eigenvalue weighted by atomic mass is 32.2. The van der Waals surface area contributed by atoms with Crippen LogP contribution in [0.4, 0.5) is 0 Å². The van der Waals surface area contributed by atoms with E-state index in [0.717, 1.165) is 16.2 Å². The summed E-state index contributed by atoms with van der Waals surface area (Å²) in [6, 6.07) is 20.8. The minimum Gasteiger partial charge on any atom is -0.106 e. The maximum atomic E-state index is 5.53. The Labute approximate surface area is 118 Å². The SMILES string of the molecule is CCC(SC(=S)c1ccccc1)c1ccccc1. The summed E-state index contributed by atoms with van der Waals surface area (Å²) in [4.78, 5) is 0. The molecule has 0 saturated heterocycles. The molecule has 0 bridgehead atoms. The Morgan fingerprint density at radius 1 is 1.00 bits per heavy atom. The van der Waals surface area contributed by atoms with Crippen molar-refractivity contribution in [3.05, 3.63) is 71.8 Å². The number of thiocarbonyl (C=S) groups is 1. The minimum absolute atomic E-state index is 0.443. The molecule has 0 nitrogen and oxygen atoms in total. The molecule has 2 heteroatoms. The Kier molecular flexibility index (Phi) is 4.97. The van der Waals surface area contributed by atoms with Crippen LogP contribution < -0.4 is 0 Å². The van der Waals surface area contributed by atoms with Gasteiger partial charge in [0.2, 0.25) is 0 Å². The number of benzene rings is 2. The Balaban J connectivity index is 2.10. The second-order valence-electron chi connectivity index (χ2n) is 4.08. The highest BCUT2D eigenvalue weighted by Crippen LogP contribution is 2.34. The van der Waals surface area contributed by atoms with Crippen molar-refractivity contribution in [2.24, 2.45) is 0 Å². The summed E-state index contributed by atoms with van der Waals surface area (Å²) < 4.78 is 0.978. The molecular weight excluding hydrogens is 256 g/mol. The second kappa shape index (κ2) is 6.72. The van der Waals surface area contributed by atoms with E-state index in [1.165, 1.54) is 5.56 Å². The zero-order valence-electron chi connectivity index (χ0n) is 10.4. The van der Waals surface area contributed by atoms with Crippen LogP contribution in [0, 0.1) is 0 Å². The molecule has 1 atom stereocenters. The first-order chi connectivity index (χ1) is 8.81. The van der Waals surface area contributed by atoms with Gasteiger partial charge in [-0.05, 0) is 17.5 Å². The number of thioether (sulfide) groups is 1. The quantitative estimate of drug-likeness (QED) is 0.697. The topological polar surface area (TPSA) is 0 Å². The van der Waals surface area contributed by atoms with Crippen LogP contribution in [0.5, 0.6) is 0 Å². The van der Waals surface area contributed by atoms with E-state index >= 15 is 0 Å². The molecule has 0 spiro atoms. The molecular formula is C16H16S2. The van der Waals surface area contributed by atoms with Crippen molar-refractivity contribution in [3.63, 3.8) is 0 Å². The summed E-state index contributed by atoms with van der Waals surface area (Å²) in [6.07, 6.45) is 1.08.